The molecule has 13 bridgehead atoms. The number of aliphatic imine (C=N–C) groups is 2. The number of carbonyl (C=O) groups excluding carboxylic acids is 14. The van der Waals surface area contributed by atoms with Crippen molar-refractivity contribution in [3.63, 3.8) is 0 Å². The first kappa shape index (κ1) is 96.0. The predicted octanol–water partition coefficient (Wildman–Crippen LogP) is -2.63. The van der Waals surface area contributed by atoms with Gasteiger partial charge >= 0.3 is 41.5 Å². The van der Waals surface area contributed by atoms with Crippen molar-refractivity contribution in [2.24, 2.45) is 21.6 Å². The molecule has 0 saturated carbocycles. The molecule has 0 aromatic carbocycles. The summed E-state index contributed by atoms with van der Waals surface area (Å²) in [6.07, 6.45) is -4.47. The Morgan fingerprint density at radius 2 is 1.43 bits per heavy atom. The SMILES string of the molecule is C=C(NC(=O)C(=C)NC(=O)c1csc(C2=NC3c4csc(n4)C4NC(=O)c5csc(n5)C(C(C)(O)C(C)O)NC(=O)C5CSC(=N5)/C(=C/C)NC(=O)C(C(C)O)NC(=O)c5csc(n5)C3(CC2)NC(=O)C(C)NC(=O)C(=C)NC(=O)C(=C)NC(=O)C(C(C)C)NC2C=Cc3c(C(C)OC(=O)CCCCC(=O)[O-])cc(nc3C2O)C(=O)OC4C)n1)C(N)=O.[Na+]. The molecule has 11 amide bonds. The fourth-order valence-electron chi connectivity index (χ4n) is 12.9. The molecule has 5 aliphatic rings. The number of aliphatic hydroxyl groups is 4. The second-order valence-corrected chi connectivity index (χ2v) is 33.9. The Hall–Kier alpha value is -10.8. The summed E-state index contributed by atoms with van der Waals surface area (Å²) >= 11 is 4.28. The molecule has 4 aliphatic heterocycles. The zero-order valence-corrected chi connectivity index (χ0v) is 74.0. The number of thiazole rings is 4. The molecule has 0 spiro atoms. The van der Waals surface area contributed by atoms with Crippen LogP contribution in [0.25, 0.3) is 6.08 Å². The Labute approximate surface area is 744 Å². The molecule has 17 N–H and O–H groups in total. The minimum Gasteiger partial charge on any atom is -0.550 e. The van der Waals surface area contributed by atoms with Gasteiger partial charge in [0.2, 0.25) is 23.6 Å². The van der Waals surface area contributed by atoms with Gasteiger partial charge in [0.1, 0.15) is 114 Å². The van der Waals surface area contributed by atoms with Gasteiger partial charge in [0.15, 0.2) is 0 Å². The average Bonchev–Trinajstić information content (AvgIpc) is 1.64. The van der Waals surface area contributed by atoms with E-state index in [2.05, 4.69) is 105 Å². The minimum absolute atomic E-state index is 0. The summed E-state index contributed by atoms with van der Waals surface area (Å²) in [5.74, 6) is -15.2. The van der Waals surface area contributed by atoms with Crippen molar-refractivity contribution in [2.75, 3.05) is 5.75 Å². The molecule has 648 valence electrons. The standard InChI is InChI=1S/C77H89N19O21S5.Na/c1-14-41-70-89-48(26-118-70)67(111)95-58(76(13,115)38(12)98)73-91-47(27-121-73)65(109)94-54-37(11)117-74(114)44-23-40(36(10)116-51(101)18-16-15-17-50(99)100)39-19-20-42(56(102)55(39)85-44)84-52(29(2)3)68(112)83-33(7)62(106)80-31(5)61(105)81-34(8)63(107)96-77(75-92-49(28-122-75)66(110)93-53(35(9)97)69(113)87-41)22-21-43(86-57(77)45-24-120-72(54)88-45)71-90-46(25-119-71)64(108)82-32(6)60(104)79-30(4)59(78)103;/h14,19-20,23-25,27-29,34-38,42,48,52-54,56-58,84,97-98,102,115H,4-7,15-18,21-22,26H2,1-3,8-13H3,(H2,78,103)(H,79,104)(H,80,106)(H,81,105)(H,82,108)(H,83,112)(H,87,113)(H,93,110)(H,94,109)(H,95,111)(H,96,107)(H,99,100);/q;+1/p-1/b41-14-;. The predicted molar refractivity (Wildman–Crippen MR) is 441 cm³/mol. The number of fused-ring (bicyclic) bond motifs is 7. The van der Waals surface area contributed by atoms with E-state index in [0.717, 1.165) is 57.1 Å². The van der Waals surface area contributed by atoms with E-state index in [9.17, 15) is 78.3 Å². The number of hydrogen-bond acceptors (Lipinski definition) is 34. The smallest absolute Gasteiger partial charge is 0.550 e. The molecule has 15 unspecified atom stereocenters. The molecule has 123 heavy (non-hydrogen) atoms. The van der Waals surface area contributed by atoms with Crippen LogP contribution >= 0.6 is 57.1 Å². The molecule has 15 atom stereocenters. The maximum atomic E-state index is 15.4. The van der Waals surface area contributed by atoms with Gasteiger partial charge in [-0.3, -0.25) is 72.8 Å². The number of unbranched alkanes of at least 4 members (excludes halogenated alkanes) is 1. The van der Waals surface area contributed by atoms with Crippen molar-refractivity contribution in [1.29, 1.82) is 0 Å². The monoisotopic (exact) mass is 1800 g/mol. The van der Waals surface area contributed by atoms with Gasteiger partial charge < -0.3 is 98.7 Å². The number of primary amides is 1. The van der Waals surface area contributed by atoms with Gasteiger partial charge in [0, 0.05) is 50.8 Å². The Morgan fingerprint density at radius 3 is 2.11 bits per heavy atom. The number of allylic oxidation sites excluding steroid dienone is 1. The number of thioether (sulfide) groups is 1. The van der Waals surface area contributed by atoms with Gasteiger partial charge in [-0.25, -0.2) is 29.7 Å². The van der Waals surface area contributed by atoms with Gasteiger partial charge in [-0.15, -0.1) is 57.1 Å². The summed E-state index contributed by atoms with van der Waals surface area (Å²) in [4.78, 5) is 229. The second-order valence-electron chi connectivity index (χ2n) is 29.4. The number of nitrogens with two attached hydrogens (primary N) is 1. The number of amides is 11. The van der Waals surface area contributed by atoms with Crippen LogP contribution < -0.4 is 98.9 Å². The number of aliphatic hydroxyl groups excluding tert-OH is 3. The molecular formula is C77H88N19NaO21S5. The van der Waals surface area contributed by atoms with Crippen LogP contribution in [0.15, 0.2) is 105 Å². The van der Waals surface area contributed by atoms with Crippen molar-refractivity contribution in [3.05, 3.63) is 160 Å². The number of nitrogens with one attached hydrogen (secondary N) is 11. The molecule has 0 fully saturated rings. The Kier molecular flexibility index (Phi) is 31.7. The summed E-state index contributed by atoms with van der Waals surface area (Å²) in [6.45, 7) is 26.9. The van der Waals surface area contributed by atoms with Crippen molar-refractivity contribution in [2.45, 2.75) is 191 Å². The van der Waals surface area contributed by atoms with E-state index in [1.165, 1.54) is 94.3 Å². The summed E-state index contributed by atoms with van der Waals surface area (Å²) in [5, 5.41) is 91.6. The number of aromatic nitrogens is 5. The molecule has 5 aromatic heterocycles. The Bertz CT molecular complexity index is 5260. The molecule has 5 aromatic rings. The number of rotatable bonds is 17. The van der Waals surface area contributed by atoms with Gasteiger partial charge in [0.25, 0.3) is 41.4 Å². The van der Waals surface area contributed by atoms with Gasteiger partial charge in [-0.05, 0) is 92.6 Å². The zero-order chi connectivity index (χ0) is 89.4. The van der Waals surface area contributed by atoms with E-state index >= 15 is 14.4 Å². The number of nitrogens with zero attached hydrogens (tertiary/aromatic N) is 7. The van der Waals surface area contributed by atoms with Gasteiger partial charge in [-0.2, -0.15) is 0 Å². The van der Waals surface area contributed by atoms with Crippen molar-refractivity contribution >= 4 is 157 Å². The van der Waals surface area contributed by atoms with Crippen LogP contribution in [0, 0.1) is 5.92 Å². The van der Waals surface area contributed by atoms with Crippen LogP contribution in [0.2, 0.25) is 0 Å². The summed E-state index contributed by atoms with van der Waals surface area (Å²) in [6, 6.07) is -10.8. The van der Waals surface area contributed by atoms with Crippen LogP contribution in [0.4, 0.5) is 0 Å². The summed E-state index contributed by atoms with van der Waals surface area (Å²) in [5.41, 5.74) is -3.12. The first-order chi connectivity index (χ1) is 57.5. The number of carboxylic acid groups (broad SMARTS) is 1. The zero-order valence-electron chi connectivity index (χ0n) is 68.0. The first-order valence-electron chi connectivity index (χ1n) is 37.8. The maximum Gasteiger partial charge on any atom is 1.00 e. The normalized spacial score (nSPS) is 24.8. The third-order valence-corrected chi connectivity index (χ3v) is 24.9. The van der Waals surface area contributed by atoms with Crippen LogP contribution in [0.3, 0.4) is 0 Å². The average molecular weight is 1800 g/mol. The molecular weight excluding hydrogens is 1710 g/mol. The molecule has 40 nitrogen and oxygen atoms in total. The number of pyridine rings is 1. The van der Waals surface area contributed by atoms with Crippen LogP contribution in [0.5, 0.6) is 0 Å². The number of esters is 2. The number of aliphatic carboxylic acids is 1. The summed E-state index contributed by atoms with van der Waals surface area (Å²) < 4.78 is 12.2. The third-order valence-electron chi connectivity index (χ3n) is 20.0. The Morgan fingerprint density at radius 1 is 0.764 bits per heavy atom. The number of hydrogen-bond donors (Lipinski definition) is 16. The fourth-order valence-corrected chi connectivity index (χ4v) is 17.7. The molecule has 0 saturated heterocycles. The quantitative estimate of drug-likeness (QED) is 0.0196. The fraction of sp³-hybridized carbons (Fsp3) is 0.416. The maximum absolute atomic E-state index is 15.4. The molecule has 0 radical (unpaired) electrons. The molecule has 1 aliphatic carbocycles. The first-order valence-corrected chi connectivity index (χ1v) is 42.3. The van der Waals surface area contributed by atoms with Crippen molar-refractivity contribution in [1.82, 2.24) is 83.4 Å². The van der Waals surface area contributed by atoms with E-state index < -0.39 is 213 Å². The largest absolute Gasteiger partial charge is 1.00 e. The number of carboxylic acids is 1. The van der Waals surface area contributed by atoms with E-state index in [1.54, 1.807) is 13.8 Å². The topological polar surface area (TPSA) is 609 Å². The minimum atomic E-state index is -2.24. The summed E-state index contributed by atoms with van der Waals surface area (Å²) in [7, 11) is 0. The van der Waals surface area contributed by atoms with Crippen LogP contribution in [0.1, 0.15) is 216 Å². The van der Waals surface area contributed by atoms with Crippen molar-refractivity contribution < 1.29 is 132 Å². The molecule has 10 rings (SSSR count). The van der Waals surface area contributed by atoms with E-state index in [4.69, 9.17) is 30.2 Å². The number of cyclic esters (lactones) is 1. The van der Waals surface area contributed by atoms with Crippen LogP contribution in [-0.2, 0) is 63.0 Å². The van der Waals surface area contributed by atoms with E-state index in [1.807, 2.05) is 0 Å². The van der Waals surface area contributed by atoms with Gasteiger partial charge in [-0.1, -0.05) is 58.4 Å². The number of ether oxygens (including phenoxy) is 2. The number of carbonyl (C=O) groups is 14. The third kappa shape index (κ3) is 22.4. The van der Waals surface area contributed by atoms with E-state index in [-0.39, 0.29) is 144 Å². The van der Waals surface area contributed by atoms with Gasteiger partial charge in [0.05, 0.1) is 69.9 Å². The molecule has 46 heteroatoms. The van der Waals surface area contributed by atoms with Crippen molar-refractivity contribution in [3.8, 4) is 0 Å². The second kappa shape index (κ2) is 40.7. The van der Waals surface area contributed by atoms with Crippen LogP contribution in [-0.4, -0.2) is 199 Å². The van der Waals surface area contributed by atoms with E-state index in [0.29, 0.717) is 0 Å². The molecule has 9 heterocycles. The Balaban J connectivity index is 0.0000172.